The molecule has 2 atom stereocenters. The van der Waals surface area contributed by atoms with Crippen molar-refractivity contribution in [1.29, 1.82) is 0 Å². The van der Waals surface area contributed by atoms with Crippen LogP contribution in [0.5, 0.6) is 0 Å². The maximum atomic E-state index is 11.4. The first-order chi connectivity index (χ1) is 6.81. The van der Waals surface area contributed by atoms with Crippen molar-refractivity contribution in [2.75, 3.05) is 6.54 Å². The molecule has 1 saturated heterocycles. The second-order valence-corrected chi connectivity index (χ2v) is 4.73. The smallest absolute Gasteiger partial charge is 0.134 e. The van der Waals surface area contributed by atoms with Gasteiger partial charge >= 0.3 is 0 Å². The van der Waals surface area contributed by atoms with Crippen LogP contribution >= 0.6 is 0 Å². The first-order valence-electron chi connectivity index (χ1n) is 6.08. The molecule has 0 amide bonds. The summed E-state index contributed by atoms with van der Waals surface area (Å²) < 4.78 is 0. The summed E-state index contributed by atoms with van der Waals surface area (Å²) in [6.07, 6.45) is 7.98. The van der Waals surface area contributed by atoms with Crippen molar-refractivity contribution >= 4 is 5.78 Å². The number of hydrogen-bond acceptors (Lipinski definition) is 2. The minimum Gasteiger partial charge on any atom is -0.300 e. The van der Waals surface area contributed by atoms with Crippen LogP contribution in [0, 0.1) is 0 Å². The summed E-state index contributed by atoms with van der Waals surface area (Å²) in [4.78, 5) is 14.0. The van der Waals surface area contributed by atoms with E-state index < -0.39 is 0 Å². The van der Waals surface area contributed by atoms with Gasteiger partial charge in [-0.25, -0.2) is 0 Å². The van der Waals surface area contributed by atoms with Crippen molar-refractivity contribution in [2.24, 2.45) is 0 Å². The van der Waals surface area contributed by atoms with E-state index in [9.17, 15) is 4.79 Å². The second-order valence-electron chi connectivity index (χ2n) is 4.73. The molecule has 0 radical (unpaired) electrons. The lowest BCUT2D eigenvalue weighted by Crippen LogP contribution is -2.41. The first-order valence-corrected chi connectivity index (χ1v) is 6.08. The fourth-order valence-corrected chi connectivity index (χ4v) is 3.06. The van der Waals surface area contributed by atoms with Crippen LogP contribution in [0.3, 0.4) is 0 Å². The molecule has 1 aliphatic carbocycles. The first kappa shape index (κ1) is 10.2. The monoisotopic (exact) mass is 195 g/mol. The molecule has 2 aliphatic rings. The minimum absolute atomic E-state index is 0.489. The fourth-order valence-electron chi connectivity index (χ4n) is 3.06. The number of carbonyl (C=O) groups is 1. The zero-order valence-electron chi connectivity index (χ0n) is 9.17. The lowest BCUT2D eigenvalue weighted by atomic mass is 9.92. The molecule has 2 fully saturated rings. The van der Waals surface area contributed by atoms with E-state index in [0.29, 0.717) is 11.8 Å². The molecule has 0 aromatic rings. The Hall–Kier alpha value is -0.370. The Morgan fingerprint density at radius 2 is 2.21 bits per heavy atom. The summed E-state index contributed by atoms with van der Waals surface area (Å²) in [5.74, 6) is 0.489. The number of nitrogens with zero attached hydrogens (tertiary/aromatic N) is 1. The maximum Gasteiger partial charge on any atom is 0.134 e. The number of ketones is 1. The normalized spacial score (nSPS) is 35.1. The van der Waals surface area contributed by atoms with Crippen LogP contribution in [-0.2, 0) is 4.79 Å². The topological polar surface area (TPSA) is 20.3 Å². The van der Waals surface area contributed by atoms with Crippen LogP contribution in [-0.4, -0.2) is 29.3 Å². The molecular weight excluding hydrogens is 174 g/mol. The molecule has 2 rings (SSSR count). The largest absolute Gasteiger partial charge is 0.300 e. The van der Waals surface area contributed by atoms with Crippen LogP contribution in [0.4, 0.5) is 0 Å². The third-order valence-corrected chi connectivity index (χ3v) is 3.82. The van der Waals surface area contributed by atoms with Crippen LogP contribution in [0.25, 0.3) is 0 Å². The number of hydrogen-bond donors (Lipinski definition) is 0. The summed E-state index contributed by atoms with van der Waals surface area (Å²) in [6, 6.07) is 1.36. The van der Waals surface area contributed by atoms with E-state index in [-0.39, 0.29) is 0 Å². The zero-order chi connectivity index (χ0) is 9.97. The molecule has 2 unspecified atom stereocenters. The minimum atomic E-state index is 0.489. The van der Waals surface area contributed by atoms with Gasteiger partial charge in [0.15, 0.2) is 0 Å². The van der Waals surface area contributed by atoms with E-state index in [1.807, 2.05) is 0 Å². The fraction of sp³-hybridized carbons (Fsp3) is 0.917. The highest BCUT2D eigenvalue weighted by Crippen LogP contribution is 2.28. The van der Waals surface area contributed by atoms with E-state index in [1.54, 1.807) is 0 Å². The molecule has 0 bridgehead atoms. The van der Waals surface area contributed by atoms with Gasteiger partial charge in [0.25, 0.3) is 0 Å². The molecule has 80 valence electrons. The van der Waals surface area contributed by atoms with Crippen molar-refractivity contribution in [3.8, 4) is 0 Å². The van der Waals surface area contributed by atoms with Gasteiger partial charge < -0.3 is 0 Å². The summed E-state index contributed by atoms with van der Waals surface area (Å²) in [5.41, 5.74) is 0. The van der Waals surface area contributed by atoms with E-state index >= 15 is 0 Å². The molecule has 1 aliphatic heterocycles. The van der Waals surface area contributed by atoms with Gasteiger partial charge in [0.05, 0.1) is 0 Å². The third-order valence-electron chi connectivity index (χ3n) is 3.82. The summed E-state index contributed by atoms with van der Waals surface area (Å²) in [6.45, 7) is 3.50. The van der Waals surface area contributed by atoms with Gasteiger partial charge in [-0.1, -0.05) is 6.92 Å². The van der Waals surface area contributed by atoms with E-state index in [0.717, 1.165) is 25.3 Å². The summed E-state index contributed by atoms with van der Waals surface area (Å²) in [5, 5.41) is 0. The van der Waals surface area contributed by atoms with Crippen LogP contribution < -0.4 is 0 Å². The van der Waals surface area contributed by atoms with Crippen molar-refractivity contribution in [2.45, 2.75) is 64.0 Å². The van der Waals surface area contributed by atoms with Crippen molar-refractivity contribution < 1.29 is 4.79 Å². The Bertz CT molecular complexity index is 214. The van der Waals surface area contributed by atoms with Crippen molar-refractivity contribution in [3.63, 3.8) is 0 Å². The zero-order valence-corrected chi connectivity index (χ0v) is 9.17. The van der Waals surface area contributed by atoms with Gasteiger partial charge in [0.2, 0.25) is 0 Å². The molecule has 0 aromatic heterocycles. The molecule has 0 N–H and O–H groups in total. The van der Waals surface area contributed by atoms with Gasteiger partial charge in [-0.2, -0.15) is 0 Å². The Morgan fingerprint density at radius 3 is 2.93 bits per heavy atom. The van der Waals surface area contributed by atoms with Gasteiger partial charge in [0.1, 0.15) is 5.78 Å². The summed E-state index contributed by atoms with van der Waals surface area (Å²) in [7, 11) is 0. The SMILES string of the molecule is CCC1CCCN1C1CCCC(=O)C1. The van der Waals surface area contributed by atoms with Crippen molar-refractivity contribution in [3.05, 3.63) is 0 Å². The molecule has 1 heterocycles. The van der Waals surface area contributed by atoms with Crippen LogP contribution in [0.2, 0.25) is 0 Å². The molecule has 0 spiro atoms. The predicted octanol–water partition coefficient (Wildman–Crippen LogP) is 2.37. The second kappa shape index (κ2) is 4.43. The average Bonchev–Trinajstić information content (AvgIpc) is 2.65. The van der Waals surface area contributed by atoms with Gasteiger partial charge in [-0.05, 0) is 38.6 Å². The quantitative estimate of drug-likeness (QED) is 0.674. The molecule has 14 heavy (non-hydrogen) atoms. The highest BCUT2D eigenvalue weighted by molar-refractivity contribution is 5.79. The highest BCUT2D eigenvalue weighted by atomic mass is 16.1. The Morgan fingerprint density at radius 1 is 1.36 bits per heavy atom. The Kier molecular flexibility index (Phi) is 3.22. The van der Waals surface area contributed by atoms with Gasteiger partial charge in [0, 0.05) is 24.9 Å². The van der Waals surface area contributed by atoms with Gasteiger partial charge in [-0.3, -0.25) is 9.69 Å². The van der Waals surface area contributed by atoms with E-state index in [4.69, 9.17) is 0 Å². The standard InChI is InChI=1S/C12H21NO/c1-2-10-6-4-8-13(10)11-5-3-7-12(14)9-11/h10-11H,2-9H2,1H3. The Balaban J connectivity index is 1.95. The summed E-state index contributed by atoms with van der Waals surface area (Å²) >= 11 is 0. The lowest BCUT2D eigenvalue weighted by molar-refractivity contribution is -0.122. The predicted molar refractivity (Wildman–Crippen MR) is 57.3 cm³/mol. The van der Waals surface area contributed by atoms with Crippen molar-refractivity contribution in [1.82, 2.24) is 4.90 Å². The third kappa shape index (κ3) is 2.00. The maximum absolute atomic E-state index is 11.4. The average molecular weight is 195 g/mol. The highest BCUT2D eigenvalue weighted by Gasteiger charge is 2.32. The molecule has 0 aromatic carbocycles. The molecule has 2 heteroatoms. The molecule has 2 nitrogen and oxygen atoms in total. The van der Waals surface area contributed by atoms with E-state index in [2.05, 4.69) is 11.8 Å². The number of carbonyl (C=O) groups excluding carboxylic acids is 1. The number of Topliss-reactive ketones (excluding diaryl/α,β-unsaturated/α-hetero) is 1. The number of rotatable bonds is 2. The Labute approximate surface area is 86.7 Å². The number of likely N-dealkylation sites (tertiary alicyclic amines) is 1. The van der Waals surface area contributed by atoms with Gasteiger partial charge in [-0.15, -0.1) is 0 Å². The van der Waals surface area contributed by atoms with Crippen LogP contribution in [0.15, 0.2) is 0 Å². The van der Waals surface area contributed by atoms with Crippen LogP contribution in [0.1, 0.15) is 51.9 Å². The lowest BCUT2D eigenvalue weighted by Gasteiger charge is -2.34. The molecule has 1 saturated carbocycles. The molecular formula is C12H21NO. The van der Waals surface area contributed by atoms with E-state index in [1.165, 1.54) is 32.2 Å².